The fourth-order valence-corrected chi connectivity index (χ4v) is 4.34. The highest BCUT2D eigenvalue weighted by Gasteiger charge is 2.36. The van der Waals surface area contributed by atoms with Crippen LogP contribution < -0.4 is 0 Å². The van der Waals surface area contributed by atoms with Crippen molar-refractivity contribution in [1.29, 1.82) is 5.26 Å². The molecule has 2 fully saturated rings. The molecule has 3 unspecified atom stereocenters. The van der Waals surface area contributed by atoms with Crippen molar-refractivity contribution in [3.63, 3.8) is 0 Å². The first-order valence-corrected chi connectivity index (χ1v) is 8.32. The highest BCUT2D eigenvalue weighted by molar-refractivity contribution is 7.91. The van der Waals surface area contributed by atoms with Crippen LogP contribution in [-0.4, -0.2) is 43.5 Å². The predicted octanol–water partition coefficient (Wildman–Crippen LogP) is 1.33. The maximum absolute atomic E-state index is 11.6. The molecule has 0 aromatic heterocycles. The van der Waals surface area contributed by atoms with E-state index in [1.165, 1.54) is 6.26 Å². The molecule has 17 heavy (non-hydrogen) atoms. The molecule has 0 N–H and O–H groups in total. The molecule has 4 nitrogen and oxygen atoms in total. The van der Waals surface area contributed by atoms with E-state index in [2.05, 4.69) is 11.0 Å². The fourth-order valence-electron chi connectivity index (χ4n) is 3.18. The lowest BCUT2D eigenvalue weighted by molar-refractivity contribution is 0.166. The van der Waals surface area contributed by atoms with Crippen molar-refractivity contribution in [1.82, 2.24) is 4.90 Å². The Balaban J connectivity index is 2.05. The van der Waals surface area contributed by atoms with Crippen LogP contribution in [0.5, 0.6) is 0 Å². The molecule has 1 aliphatic carbocycles. The largest absolute Gasteiger partial charge is 0.285 e. The van der Waals surface area contributed by atoms with Gasteiger partial charge in [0.05, 0.1) is 17.4 Å². The summed E-state index contributed by atoms with van der Waals surface area (Å²) in [6.07, 6.45) is 6.87. The molecule has 1 heterocycles. The Labute approximate surface area is 104 Å². The minimum Gasteiger partial charge on any atom is -0.285 e. The molecule has 0 amide bonds. The van der Waals surface area contributed by atoms with E-state index in [1.54, 1.807) is 0 Å². The summed E-state index contributed by atoms with van der Waals surface area (Å²) >= 11 is 0. The van der Waals surface area contributed by atoms with Crippen molar-refractivity contribution >= 4 is 9.84 Å². The van der Waals surface area contributed by atoms with Gasteiger partial charge in [-0.15, -0.1) is 0 Å². The lowest BCUT2D eigenvalue weighted by Crippen LogP contribution is -2.44. The zero-order valence-corrected chi connectivity index (χ0v) is 11.1. The molecule has 0 bridgehead atoms. The van der Waals surface area contributed by atoms with Gasteiger partial charge in [-0.1, -0.05) is 6.42 Å². The van der Waals surface area contributed by atoms with E-state index in [-0.39, 0.29) is 11.3 Å². The van der Waals surface area contributed by atoms with Crippen molar-refractivity contribution in [2.24, 2.45) is 0 Å². The van der Waals surface area contributed by atoms with E-state index in [1.807, 2.05) is 0 Å². The summed E-state index contributed by atoms with van der Waals surface area (Å²) in [5.41, 5.74) is 0. The van der Waals surface area contributed by atoms with E-state index >= 15 is 0 Å². The molecule has 0 spiro atoms. The molecule has 3 atom stereocenters. The van der Waals surface area contributed by atoms with E-state index in [0.717, 1.165) is 45.1 Å². The van der Waals surface area contributed by atoms with Crippen LogP contribution in [0.25, 0.3) is 0 Å². The first-order chi connectivity index (χ1) is 8.02. The number of nitrogens with zero attached hydrogens (tertiary/aromatic N) is 2. The molecule has 5 heteroatoms. The van der Waals surface area contributed by atoms with Gasteiger partial charge in [0.25, 0.3) is 0 Å². The van der Waals surface area contributed by atoms with Crippen molar-refractivity contribution in [3.8, 4) is 6.07 Å². The van der Waals surface area contributed by atoms with E-state index < -0.39 is 9.84 Å². The molecule has 0 aromatic rings. The highest BCUT2D eigenvalue weighted by Crippen LogP contribution is 2.31. The normalized spacial score (nSPS) is 35.6. The third-order valence-electron chi connectivity index (χ3n) is 4.12. The number of rotatable bonds is 2. The molecule has 1 saturated heterocycles. The van der Waals surface area contributed by atoms with Crippen LogP contribution in [-0.2, 0) is 9.84 Å². The summed E-state index contributed by atoms with van der Waals surface area (Å²) < 4.78 is 23.2. The molecule has 96 valence electrons. The van der Waals surface area contributed by atoms with Gasteiger partial charge in [0, 0.05) is 12.3 Å². The Bertz CT molecular complexity index is 413. The van der Waals surface area contributed by atoms with Crippen molar-refractivity contribution in [2.45, 2.75) is 55.9 Å². The number of nitriles is 1. The average molecular weight is 256 g/mol. The summed E-state index contributed by atoms with van der Waals surface area (Å²) in [5, 5.41) is 8.89. The van der Waals surface area contributed by atoms with Crippen LogP contribution in [0.3, 0.4) is 0 Å². The van der Waals surface area contributed by atoms with Gasteiger partial charge in [0.15, 0.2) is 0 Å². The molecule has 1 aliphatic heterocycles. The van der Waals surface area contributed by atoms with Gasteiger partial charge in [0.1, 0.15) is 9.84 Å². The number of hydrogen-bond donors (Lipinski definition) is 0. The monoisotopic (exact) mass is 256 g/mol. The summed E-state index contributed by atoms with van der Waals surface area (Å²) in [6, 6.07) is 2.66. The summed E-state index contributed by atoms with van der Waals surface area (Å²) in [7, 11) is -2.92. The number of hydrogen-bond acceptors (Lipinski definition) is 4. The van der Waals surface area contributed by atoms with Crippen molar-refractivity contribution in [2.75, 3.05) is 12.8 Å². The van der Waals surface area contributed by atoms with Crippen LogP contribution in [0.1, 0.15) is 38.5 Å². The van der Waals surface area contributed by atoms with Gasteiger partial charge in [-0.05, 0) is 38.6 Å². The zero-order chi connectivity index (χ0) is 12.5. The Kier molecular flexibility index (Phi) is 3.74. The molecule has 2 rings (SSSR count). The minimum absolute atomic E-state index is 0.0123. The lowest BCUT2D eigenvalue weighted by atomic mass is 9.93. The Morgan fingerprint density at radius 2 is 2.00 bits per heavy atom. The van der Waals surface area contributed by atoms with Crippen molar-refractivity contribution < 1.29 is 8.42 Å². The topological polar surface area (TPSA) is 61.2 Å². The predicted molar refractivity (Wildman–Crippen MR) is 66.2 cm³/mol. The second kappa shape index (κ2) is 4.95. The van der Waals surface area contributed by atoms with Gasteiger partial charge in [0.2, 0.25) is 0 Å². The third-order valence-corrected chi connectivity index (χ3v) is 5.76. The summed E-state index contributed by atoms with van der Waals surface area (Å²) in [4.78, 5) is 2.23. The summed E-state index contributed by atoms with van der Waals surface area (Å²) in [6.45, 7) is 0.958. The van der Waals surface area contributed by atoms with Crippen LogP contribution >= 0.6 is 0 Å². The average Bonchev–Trinajstić information content (AvgIpc) is 2.76. The first kappa shape index (κ1) is 12.8. The second-order valence-electron chi connectivity index (χ2n) is 5.30. The van der Waals surface area contributed by atoms with E-state index in [9.17, 15) is 8.42 Å². The third kappa shape index (κ3) is 2.80. The van der Waals surface area contributed by atoms with Crippen LogP contribution in [0.15, 0.2) is 0 Å². The van der Waals surface area contributed by atoms with Crippen molar-refractivity contribution in [3.05, 3.63) is 0 Å². The SMILES string of the molecule is CS(=O)(=O)C1CCCC(N2CCCC2C#N)C1. The Morgan fingerprint density at radius 1 is 1.24 bits per heavy atom. The maximum Gasteiger partial charge on any atom is 0.150 e. The van der Waals surface area contributed by atoms with Crippen LogP contribution in [0.4, 0.5) is 0 Å². The lowest BCUT2D eigenvalue weighted by Gasteiger charge is -2.36. The summed E-state index contributed by atoms with van der Waals surface area (Å²) in [5.74, 6) is 0. The molecular weight excluding hydrogens is 236 g/mol. The van der Waals surface area contributed by atoms with Gasteiger partial charge in [-0.3, -0.25) is 4.90 Å². The van der Waals surface area contributed by atoms with E-state index in [4.69, 9.17) is 5.26 Å². The Hall–Kier alpha value is -0.600. The molecule has 2 aliphatic rings. The maximum atomic E-state index is 11.6. The number of sulfone groups is 1. The zero-order valence-electron chi connectivity index (χ0n) is 10.3. The minimum atomic E-state index is -2.92. The Morgan fingerprint density at radius 3 is 2.65 bits per heavy atom. The first-order valence-electron chi connectivity index (χ1n) is 6.36. The number of likely N-dealkylation sites (tertiary alicyclic amines) is 1. The molecule has 0 aromatic carbocycles. The van der Waals surface area contributed by atoms with Gasteiger partial charge >= 0.3 is 0 Å². The standard InChI is InChI=1S/C12H20N2O2S/c1-17(15,16)12-6-2-4-10(8-12)14-7-3-5-11(14)9-13/h10-12H,2-8H2,1H3. The fraction of sp³-hybridized carbons (Fsp3) is 0.917. The van der Waals surface area contributed by atoms with Gasteiger partial charge in [-0.25, -0.2) is 8.42 Å². The van der Waals surface area contributed by atoms with Gasteiger partial charge in [-0.2, -0.15) is 5.26 Å². The van der Waals surface area contributed by atoms with E-state index in [0.29, 0.717) is 6.04 Å². The molecule has 1 saturated carbocycles. The van der Waals surface area contributed by atoms with Gasteiger partial charge < -0.3 is 0 Å². The molecule has 0 radical (unpaired) electrons. The second-order valence-corrected chi connectivity index (χ2v) is 7.62. The van der Waals surface area contributed by atoms with Crippen LogP contribution in [0.2, 0.25) is 0 Å². The van der Waals surface area contributed by atoms with Crippen LogP contribution in [0, 0.1) is 11.3 Å². The molecular formula is C12H20N2O2S. The smallest absolute Gasteiger partial charge is 0.150 e. The quantitative estimate of drug-likeness (QED) is 0.748. The highest BCUT2D eigenvalue weighted by atomic mass is 32.2.